The molecule has 0 rings (SSSR count). The van der Waals surface area contributed by atoms with E-state index in [2.05, 4.69) is 0 Å². The van der Waals surface area contributed by atoms with Crippen molar-refractivity contribution in [3.05, 3.63) is 0 Å². The van der Waals surface area contributed by atoms with E-state index in [-0.39, 0.29) is 73.9 Å². The van der Waals surface area contributed by atoms with Crippen LogP contribution in [-0.4, -0.2) is 0 Å². The van der Waals surface area contributed by atoms with Gasteiger partial charge in [0.05, 0.1) is 0 Å². The summed E-state index contributed by atoms with van der Waals surface area (Å²) in [6.07, 6.45) is 0. The Hall–Kier alpha value is 1.74. The molecule has 0 spiro atoms. The van der Waals surface area contributed by atoms with Gasteiger partial charge in [0.15, 0.2) is 0 Å². The summed E-state index contributed by atoms with van der Waals surface area (Å²) >= 11 is 0. The molecule has 0 amide bonds. The molecule has 34 valence electrons. The molecule has 0 fully saturated rings. The van der Waals surface area contributed by atoms with Gasteiger partial charge in [-0.3, -0.25) is 0 Å². The van der Waals surface area contributed by atoms with Crippen LogP contribution in [0.1, 0.15) is 0 Å². The van der Waals surface area contributed by atoms with Crippen molar-refractivity contribution in [2.75, 3.05) is 0 Å². The van der Waals surface area contributed by atoms with Gasteiger partial charge in [0.25, 0.3) is 0 Å². The third-order valence-corrected chi connectivity index (χ3v) is 0. The van der Waals surface area contributed by atoms with E-state index in [1.807, 2.05) is 0 Å². The monoisotopic (exact) mass is 249 g/mol. The summed E-state index contributed by atoms with van der Waals surface area (Å²) in [6.45, 7) is 0. The van der Waals surface area contributed by atoms with Gasteiger partial charge in [-0.15, -0.1) is 0 Å². The normalized spacial score (nSPS) is 0. The largest absolute Gasteiger partial charge is 3.00 e. The van der Waals surface area contributed by atoms with Crippen molar-refractivity contribution in [2.24, 2.45) is 0 Å². The summed E-state index contributed by atoms with van der Waals surface area (Å²) in [7, 11) is 0. The zero-order valence-electron chi connectivity index (χ0n) is 2.03. The fraction of sp³-hybridized carbons (Fsp3) is 0. The second kappa shape index (κ2) is 42.7. The van der Waals surface area contributed by atoms with Crippen LogP contribution in [-0.2, 0) is 33.5 Å². The number of hydrogen-bond donors (Lipinski definition) is 0. The third kappa shape index (κ3) is 26.6. The molecule has 0 N–H and O–H groups in total. The number of hydrogen-bond acceptors (Lipinski definition) is 0. The molecule has 5 heteroatoms. The molecular weight excluding hydrogens is 249 g/mol. The summed E-state index contributed by atoms with van der Waals surface area (Å²) in [4.78, 5) is 0. The van der Waals surface area contributed by atoms with Gasteiger partial charge in [-0.05, 0) is 0 Å². The summed E-state index contributed by atoms with van der Waals surface area (Å²) in [5.74, 6) is 0. The Kier molecular flexibility index (Phi) is 627. The molecule has 0 aromatic heterocycles. The SMILES string of the molecule is [Fe+3].[O-2].[O-2].[O-2].[Pm]. The van der Waals surface area contributed by atoms with Gasteiger partial charge in [-0.2, -0.15) is 0 Å². The van der Waals surface area contributed by atoms with Crippen LogP contribution in [0.2, 0.25) is 0 Å². The minimum Gasteiger partial charge on any atom is -2.00 e. The van der Waals surface area contributed by atoms with E-state index < -0.39 is 0 Å². The van der Waals surface area contributed by atoms with Gasteiger partial charge >= 0.3 is 17.1 Å². The Morgan fingerprint density at radius 3 is 0.600 bits per heavy atom. The first-order chi connectivity index (χ1) is 0. The van der Waals surface area contributed by atoms with Gasteiger partial charge in [0.2, 0.25) is 0 Å². The Morgan fingerprint density at radius 1 is 0.600 bits per heavy atom. The molecule has 0 aliphatic rings. The molecule has 5 heavy (non-hydrogen) atoms. The molecule has 0 aromatic carbocycles. The van der Waals surface area contributed by atoms with Crippen LogP contribution < -0.4 is 0 Å². The molecule has 0 saturated heterocycles. The maximum absolute atomic E-state index is 0. The third-order valence-electron chi connectivity index (χ3n) is 0. The smallest absolute Gasteiger partial charge is 2.00 e. The van der Waals surface area contributed by atoms with Gasteiger partial charge in [-0.1, -0.05) is 0 Å². The topological polar surface area (TPSA) is 85.5 Å². The molecule has 0 bridgehead atoms. The van der Waals surface area contributed by atoms with Crippen molar-refractivity contribution < 1.29 is 73.9 Å². The zero-order valence-corrected chi connectivity index (χ0v) is 6.00. The van der Waals surface area contributed by atoms with E-state index in [0.29, 0.717) is 0 Å². The van der Waals surface area contributed by atoms with Gasteiger partial charge in [0.1, 0.15) is 0 Å². The van der Waals surface area contributed by atoms with Crippen molar-refractivity contribution in [3.8, 4) is 0 Å². The zero-order chi connectivity index (χ0) is 0. The predicted octanol–water partition coefficient (Wildman–Crippen LogP) is -0.359. The van der Waals surface area contributed by atoms with Crippen LogP contribution in [0, 0.1) is 40.4 Å². The summed E-state index contributed by atoms with van der Waals surface area (Å²) in [5, 5.41) is 0. The fourth-order valence-corrected chi connectivity index (χ4v) is 0. The molecular formula is FeO3Pm-3. The first-order valence-electron chi connectivity index (χ1n) is 0. The average Bonchev–Trinajstić information content (AvgIpc) is 0. The average molecular weight is 249 g/mol. The molecule has 0 saturated carbocycles. The second-order valence-electron chi connectivity index (χ2n) is 0. The fourth-order valence-electron chi connectivity index (χ4n) is 0. The standard InChI is InChI=1S/Fe.3O.Pm/q+3;3*-2;. The van der Waals surface area contributed by atoms with Crippen LogP contribution in [0.15, 0.2) is 0 Å². The Balaban J connectivity index is 0. The summed E-state index contributed by atoms with van der Waals surface area (Å²) in [5.41, 5.74) is 0. The molecule has 0 heterocycles. The van der Waals surface area contributed by atoms with Crippen LogP contribution >= 0.6 is 0 Å². The Labute approximate surface area is 73.0 Å². The first-order valence-corrected chi connectivity index (χ1v) is 0. The Bertz CT molecular complexity index is 6.85. The van der Waals surface area contributed by atoms with E-state index in [0.717, 1.165) is 0 Å². The minimum atomic E-state index is 0. The summed E-state index contributed by atoms with van der Waals surface area (Å²) in [6, 6.07) is 0. The van der Waals surface area contributed by atoms with Crippen LogP contribution in [0.25, 0.3) is 0 Å². The van der Waals surface area contributed by atoms with E-state index in [1.165, 1.54) is 0 Å². The van der Waals surface area contributed by atoms with E-state index >= 15 is 0 Å². The van der Waals surface area contributed by atoms with Gasteiger partial charge in [0, 0.05) is 40.4 Å². The van der Waals surface area contributed by atoms with Crippen molar-refractivity contribution in [1.82, 2.24) is 0 Å². The maximum Gasteiger partial charge on any atom is 3.00 e. The minimum absolute atomic E-state index is 0. The molecule has 0 aliphatic heterocycles. The summed E-state index contributed by atoms with van der Waals surface area (Å²) < 4.78 is 0. The van der Waals surface area contributed by atoms with E-state index in [9.17, 15) is 0 Å². The molecule has 0 unspecified atom stereocenters. The first kappa shape index (κ1) is 73.5. The van der Waals surface area contributed by atoms with E-state index in [4.69, 9.17) is 0 Å². The van der Waals surface area contributed by atoms with Crippen LogP contribution in [0.5, 0.6) is 0 Å². The predicted molar refractivity (Wildman–Crippen MR) is 2.06 cm³/mol. The van der Waals surface area contributed by atoms with E-state index in [1.54, 1.807) is 0 Å². The molecule has 2 radical (unpaired) electrons. The van der Waals surface area contributed by atoms with Gasteiger partial charge in [-0.25, -0.2) is 0 Å². The molecule has 0 aromatic rings. The van der Waals surface area contributed by atoms with Crippen molar-refractivity contribution in [2.45, 2.75) is 0 Å². The molecule has 3 nitrogen and oxygen atoms in total. The van der Waals surface area contributed by atoms with Crippen molar-refractivity contribution >= 4 is 0 Å². The Morgan fingerprint density at radius 2 is 0.600 bits per heavy atom. The molecule has 0 aliphatic carbocycles. The maximum atomic E-state index is 0. The van der Waals surface area contributed by atoms with Crippen molar-refractivity contribution in [3.63, 3.8) is 0 Å². The van der Waals surface area contributed by atoms with Crippen LogP contribution in [0.4, 0.5) is 0 Å². The quantitative estimate of drug-likeness (QED) is 0.525. The second-order valence-corrected chi connectivity index (χ2v) is 0. The number of rotatable bonds is 0. The molecule has 0 atom stereocenters. The van der Waals surface area contributed by atoms with Gasteiger partial charge < -0.3 is 16.4 Å². The van der Waals surface area contributed by atoms with Crippen molar-refractivity contribution in [1.29, 1.82) is 0 Å². The van der Waals surface area contributed by atoms with Crippen LogP contribution in [0.3, 0.4) is 0 Å².